The lowest BCUT2D eigenvalue weighted by Crippen LogP contribution is -1.74. The van der Waals surface area contributed by atoms with Crippen molar-refractivity contribution in [3.63, 3.8) is 0 Å². The minimum absolute atomic E-state index is 0.791. The number of aromatic nitrogens is 1. The van der Waals surface area contributed by atoms with Crippen molar-refractivity contribution in [2.24, 2.45) is 0 Å². The molecule has 0 saturated carbocycles. The second-order valence-electron chi connectivity index (χ2n) is 2.84. The number of benzene rings is 1. The van der Waals surface area contributed by atoms with E-state index in [4.69, 9.17) is 4.42 Å². The largest absolute Gasteiger partial charge is 0.441 e. The topological polar surface area (TPSA) is 26.0 Å². The molecule has 0 fully saturated rings. The molecule has 2 nitrogen and oxygen atoms in total. The van der Waals surface area contributed by atoms with Crippen LogP contribution in [0.1, 0.15) is 12.8 Å². The summed E-state index contributed by atoms with van der Waals surface area (Å²) in [6.07, 6.45) is 2.61. The zero-order valence-electron chi connectivity index (χ0n) is 7.53. The normalized spacial score (nSPS) is 10.2. The number of rotatable bonds is 2. The van der Waals surface area contributed by atoms with Gasteiger partial charge >= 0.3 is 0 Å². The molecule has 1 aromatic carbocycles. The summed E-state index contributed by atoms with van der Waals surface area (Å²) in [6.45, 7) is 2.03. The summed E-state index contributed by atoms with van der Waals surface area (Å²) in [5, 5.41) is 0. The van der Waals surface area contributed by atoms with Gasteiger partial charge in [0.1, 0.15) is 0 Å². The first kappa shape index (κ1) is 8.05. The van der Waals surface area contributed by atoms with E-state index >= 15 is 0 Å². The maximum absolute atomic E-state index is 5.51. The summed E-state index contributed by atoms with van der Waals surface area (Å²) in [5.74, 6) is 1.64. The van der Waals surface area contributed by atoms with Gasteiger partial charge in [0.15, 0.2) is 11.7 Å². The summed E-state index contributed by atoms with van der Waals surface area (Å²) >= 11 is 0. The molecule has 0 aliphatic heterocycles. The first-order valence-corrected chi connectivity index (χ1v) is 4.40. The molecule has 0 aliphatic carbocycles. The second kappa shape index (κ2) is 3.44. The zero-order chi connectivity index (χ0) is 9.10. The smallest absolute Gasteiger partial charge is 0.194 e. The Labute approximate surface area is 77.2 Å². The van der Waals surface area contributed by atoms with E-state index in [-0.39, 0.29) is 0 Å². The summed E-state index contributed by atoms with van der Waals surface area (Å²) in [6, 6.07) is 9.99. The van der Waals surface area contributed by atoms with Crippen molar-refractivity contribution in [2.45, 2.75) is 13.3 Å². The van der Waals surface area contributed by atoms with Crippen molar-refractivity contribution < 1.29 is 4.42 Å². The van der Waals surface area contributed by atoms with Gasteiger partial charge in [-0.3, -0.25) is 0 Å². The lowest BCUT2D eigenvalue weighted by Gasteiger charge is -1.93. The van der Waals surface area contributed by atoms with Crippen LogP contribution in [0.3, 0.4) is 0 Å². The van der Waals surface area contributed by atoms with E-state index in [9.17, 15) is 0 Å². The summed E-state index contributed by atoms with van der Waals surface area (Å²) in [4.78, 5) is 4.14. The molecule has 0 unspecified atom stereocenters. The van der Waals surface area contributed by atoms with Crippen LogP contribution in [0.25, 0.3) is 11.3 Å². The number of oxazole rings is 1. The van der Waals surface area contributed by atoms with Crippen LogP contribution in [0.2, 0.25) is 0 Å². The second-order valence-corrected chi connectivity index (χ2v) is 2.84. The monoisotopic (exact) mass is 173 g/mol. The standard InChI is InChI=1S/C11H11NO/c1-2-11-12-8-10(13-11)9-6-4-3-5-7-9/h3-8H,2H2,1H3. The van der Waals surface area contributed by atoms with Crippen LogP contribution in [0.5, 0.6) is 0 Å². The fraction of sp³-hybridized carbons (Fsp3) is 0.182. The molecule has 13 heavy (non-hydrogen) atoms. The van der Waals surface area contributed by atoms with E-state index < -0.39 is 0 Å². The Hall–Kier alpha value is -1.57. The minimum Gasteiger partial charge on any atom is -0.441 e. The van der Waals surface area contributed by atoms with E-state index in [1.165, 1.54) is 0 Å². The zero-order valence-corrected chi connectivity index (χ0v) is 7.53. The van der Waals surface area contributed by atoms with Crippen LogP contribution in [0.15, 0.2) is 40.9 Å². The van der Waals surface area contributed by atoms with Crippen LogP contribution in [-0.4, -0.2) is 4.98 Å². The molecule has 0 N–H and O–H groups in total. The molecule has 66 valence electrons. The Bertz CT molecular complexity index is 378. The Morgan fingerprint density at radius 2 is 2.00 bits per heavy atom. The highest BCUT2D eigenvalue weighted by Crippen LogP contribution is 2.19. The molecule has 2 heteroatoms. The molecule has 2 aromatic rings. The average molecular weight is 173 g/mol. The van der Waals surface area contributed by atoms with Gasteiger partial charge in [0.05, 0.1) is 6.20 Å². The van der Waals surface area contributed by atoms with Gasteiger partial charge in [0.25, 0.3) is 0 Å². The van der Waals surface area contributed by atoms with Crippen molar-refractivity contribution in [2.75, 3.05) is 0 Å². The lowest BCUT2D eigenvalue weighted by molar-refractivity contribution is 0.514. The average Bonchev–Trinajstić information content (AvgIpc) is 2.67. The third-order valence-electron chi connectivity index (χ3n) is 1.91. The van der Waals surface area contributed by atoms with Crippen LogP contribution in [0, 0.1) is 0 Å². The quantitative estimate of drug-likeness (QED) is 0.697. The highest BCUT2D eigenvalue weighted by atomic mass is 16.4. The van der Waals surface area contributed by atoms with Crippen LogP contribution < -0.4 is 0 Å². The molecule has 1 aromatic heterocycles. The van der Waals surface area contributed by atoms with Crippen molar-refractivity contribution in [1.29, 1.82) is 0 Å². The molecule has 1 heterocycles. The molecule has 0 aliphatic rings. The third-order valence-corrected chi connectivity index (χ3v) is 1.91. The van der Waals surface area contributed by atoms with E-state index in [1.807, 2.05) is 37.3 Å². The Balaban J connectivity index is 2.36. The summed E-state index contributed by atoms with van der Waals surface area (Å²) < 4.78 is 5.51. The first-order chi connectivity index (χ1) is 6.40. The number of hydrogen-bond donors (Lipinski definition) is 0. The minimum atomic E-state index is 0.791. The number of aryl methyl sites for hydroxylation is 1. The van der Waals surface area contributed by atoms with Crippen LogP contribution in [0.4, 0.5) is 0 Å². The van der Waals surface area contributed by atoms with E-state index in [0.29, 0.717) is 0 Å². The maximum Gasteiger partial charge on any atom is 0.194 e. The molecular weight excluding hydrogens is 162 g/mol. The fourth-order valence-electron chi connectivity index (χ4n) is 1.21. The predicted octanol–water partition coefficient (Wildman–Crippen LogP) is 2.90. The molecule has 2 rings (SSSR count). The van der Waals surface area contributed by atoms with Gasteiger partial charge in [-0.2, -0.15) is 0 Å². The number of hydrogen-bond acceptors (Lipinski definition) is 2. The van der Waals surface area contributed by atoms with Gasteiger partial charge < -0.3 is 4.42 Å². The predicted molar refractivity (Wildman–Crippen MR) is 51.3 cm³/mol. The molecule has 0 radical (unpaired) electrons. The SMILES string of the molecule is CCc1ncc(-c2ccccc2)o1. The highest BCUT2D eigenvalue weighted by molar-refractivity contribution is 5.55. The van der Waals surface area contributed by atoms with Crippen molar-refractivity contribution in [3.8, 4) is 11.3 Å². The van der Waals surface area contributed by atoms with Crippen molar-refractivity contribution in [3.05, 3.63) is 42.4 Å². The third kappa shape index (κ3) is 1.61. The molecule has 0 bridgehead atoms. The van der Waals surface area contributed by atoms with Gasteiger partial charge in [0.2, 0.25) is 0 Å². The van der Waals surface area contributed by atoms with Crippen LogP contribution >= 0.6 is 0 Å². The molecule has 0 saturated heterocycles. The molecular formula is C11H11NO. The molecule has 0 amide bonds. The van der Waals surface area contributed by atoms with E-state index in [1.54, 1.807) is 6.20 Å². The Morgan fingerprint density at radius 1 is 1.23 bits per heavy atom. The van der Waals surface area contributed by atoms with Gasteiger partial charge in [0, 0.05) is 12.0 Å². The van der Waals surface area contributed by atoms with E-state index in [0.717, 1.165) is 23.6 Å². The first-order valence-electron chi connectivity index (χ1n) is 4.40. The van der Waals surface area contributed by atoms with Crippen molar-refractivity contribution >= 4 is 0 Å². The van der Waals surface area contributed by atoms with Crippen LogP contribution in [-0.2, 0) is 6.42 Å². The highest BCUT2D eigenvalue weighted by Gasteiger charge is 2.02. The Morgan fingerprint density at radius 3 is 2.62 bits per heavy atom. The summed E-state index contributed by atoms with van der Waals surface area (Å²) in [5.41, 5.74) is 1.08. The Kier molecular flexibility index (Phi) is 2.13. The molecule has 0 spiro atoms. The number of nitrogens with zero attached hydrogens (tertiary/aromatic N) is 1. The van der Waals surface area contributed by atoms with E-state index in [2.05, 4.69) is 4.98 Å². The fourth-order valence-corrected chi connectivity index (χ4v) is 1.21. The van der Waals surface area contributed by atoms with Gasteiger partial charge in [-0.05, 0) is 0 Å². The maximum atomic E-state index is 5.51. The van der Waals surface area contributed by atoms with Gasteiger partial charge in [-0.25, -0.2) is 4.98 Å². The van der Waals surface area contributed by atoms with Gasteiger partial charge in [-0.1, -0.05) is 37.3 Å². The lowest BCUT2D eigenvalue weighted by atomic mass is 10.2. The summed E-state index contributed by atoms with van der Waals surface area (Å²) in [7, 11) is 0. The van der Waals surface area contributed by atoms with Gasteiger partial charge in [-0.15, -0.1) is 0 Å². The van der Waals surface area contributed by atoms with Crippen molar-refractivity contribution in [1.82, 2.24) is 4.98 Å². The molecule has 0 atom stereocenters.